The Morgan fingerprint density at radius 3 is 2.53 bits per heavy atom. The van der Waals surface area contributed by atoms with Crippen molar-refractivity contribution < 1.29 is 0 Å². The lowest BCUT2D eigenvalue weighted by molar-refractivity contribution is 0.171. The van der Waals surface area contributed by atoms with Crippen molar-refractivity contribution in [1.29, 1.82) is 0 Å². The minimum atomic E-state index is 0.615. The van der Waals surface area contributed by atoms with Gasteiger partial charge in [-0.2, -0.15) is 0 Å². The normalized spacial score (nSPS) is 27.3. The minimum absolute atomic E-state index is 0.615. The van der Waals surface area contributed by atoms with E-state index in [1.165, 1.54) is 25.0 Å². The number of rotatable bonds is 4. The van der Waals surface area contributed by atoms with Gasteiger partial charge in [0.2, 0.25) is 0 Å². The molecular weight excluding hydrogens is 230 g/mol. The number of para-hydroxylation sites is 1. The predicted molar refractivity (Wildman–Crippen MR) is 84.0 cm³/mol. The first-order valence-electron chi connectivity index (χ1n) is 7.58. The zero-order valence-corrected chi connectivity index (χ0v) is 12.5. The van der Waals surface area contributed by atoms with Gasteiger partial charge in [0.1, 0.15) is 0 Å². The predicted octanol–water partition coefficient (Wildman–Crippen LogP) is 5.32. The lowest BCUT2D eigenvalue weighted by Crippen LogP contribution is -2.30. The molecule has 2 rings (SSSR count). The Morgan fingerprint density at radius 1 is 1.21 bits per heavy atom. The topological polar surface area (TPSA) is 12.0 Å². The second-order valence-electron chi connectivity index (χ2n) is 6.45. The lowest BCUT2D eigenvalue weighted by atomic mass is 9.69. The number of nitrogens with one attached hydrogen (secondary N) is 1. The summed E-state index contributed by atoms with van der Waals surface area (Å²) >= 11 is 0. The van der Waals surface area contributed by atoms with Crippen LogP contribution in [-0.4, -0.2) is 0 Å². The van der Waals surface area contributed by atoms with Gasteiger partial charge in [0.05, 0.1) is 0 Å². The van der Waals surface area contributed by atoms with Gasteiger partial charge in [-0.15, -0.1) is 0 Å². The Bertz CT molecular complexity index is 407. The molecule has 0 saturated heterocycles. The molecule has 0 heterocycles. The van der Waals surface area contributed by atoms with E-state index in [0.29, 0.717) is 5.92 Å². The van der Waals surface area contributed by atoms with Gasteiger partial charge in [-0.3, -0.25) is 0 Å². The summed E-state index contributed by atoms with van der Waals surface area (Å²) in [5.74, 6) is 2.96. The van der Waals surface area contributed by atoms with Crippen molar-refractivity contribution in [3.63, 3.8) is 0 Å². The zero-order valence-electron chi connectivity index (χ0n) is 12.5. The summed E-state index contributed by atoms with van der Waals surface area (Å²) in [5, 5.41) is 3.52. The van der Waals surface area contributed by atoms with Gasteiger partial charge in [-0.1, -0.05) is 52.0 Å². The van der Waals surface area contributed by atoms with Crippen LogP contribution >= 0.6 is 0 Å². The van der Waals surface area contributed by atoms with E-state index >= 15 is 0 Å². The molecule has 1 nitrogen and oxygen atoms in total. The molecule has 0 aromatic heterocycles. The molecule has 0 radical (unpaired) electrons. The summed E-state index contributed by atoms with van der Waals surface area (Å²) in [5.41, 5.74) is 2.37. The lowest BCUT2D eigenvalue weighted by Gasteiger charge is -2.38. The number of hydrogen-bond acceptors (Lipinski definition) is 1. The third-order valence-electron chi connectivity index (χ3n) is 4.55. The van der Waals surface area contributed by atoms with Gasteiger partial charge >= 0.3 is 0 Å². The Hall–Kier alpha value is -1.24. The van der Waals surface area contributed by atoms with Crippen LogP contribution in [0.25, 0.3) is 0 Å². The fourth-order valence-corrected chi connectivity index (χ4v) is 3.40. The first-order valence-corrected chi connectivity index (χ1v) is 7.58. The number of allylic oxidation sites excluding steroid dienone is 1. The maximum atomic E-state index is 4.33. The first kappa shape index (κ1) is 14.2. The third-order valence-corrected chi connectivity index (χ3v) is 4.55. The highest BCUT2D eigenvalue weighted by molar-refractivity contribution is 5.47. The second-order valence-corrected chi connectivity index (χ2v) is 6.45. The van der Waals surface area contributed by atoms with Crippen LogP contribution in [0.3, 0.4) is 0 Å². The van der Waals surface area contributed by atoms with E-state index in [1.807, 2.05) is 6.07 Å². The van der Waals surface area contributed by atoms with Crippen LogP contribution in [-0.2, 0) is 0 Å². The average molecular weight is 257 g/mol. The molecule has 19 heavy (non-hydrogen) atoms. The van der Waals surface area contributed by atoms with E-state index in [-0.39, 0.29) is 0 Å². The third kappa shape index (κ3) is 3.62. The summed E-state index contributed by atoms with van der Waals surface area (Å²) in [6.45, 7) is 11.4. The van der Waals surface area contributed by atoms with Gasteiger partial charge in [0.25, 0.3) is 0 Å². The SMILES string of the molecule is C=C(Nc1ccccc1)C1CC(C)CCC1C(C)C. The van der Waals surface area contributed by atoms with Gasteiger partial charge < -0.3 is 5.32 Å². The van der Waals surface area contributed by atoms with Gasteiger partial charge in [-0.25, -0.2) is 0 Å². The molecule has 1 aromatic rings. The highest BCUT2D eigenvalue weighted by atomic mass is 14.9. The Labute approximate surface area is 118 Å². The van der Waals surface area contributed by atoms with Crippen molar-refractivity contribution >= 4 is 5.69 Å². The van der Waals surface area contributed by atoms with E-state index in [2.05, 4.69) is 56.9 Å². The minimum Gasteiger partial charge on any atom is -0.359 e. The smallest absolute Gasteiger partial charge is 0.0381 e. The molecule has 3 unspecified atom stereocenters. The Balaban J connectivity index is 2.06. The van der Waals surface area contributed by atoms with Crippen molar-refractivity contribution in [3.8, 4) is 0 Å². The molecule has 0 bridgehead atoms. The number of benzene rings is 1. The van der Waals surface area contributed by atoms with E-state index in [0.717, 1.165) is 23.4 Å². The quantitative estimate of drug-likeness (QED) is 0.769. The summed E-state index contributed by atoms with van der Waals surface area (Å²) in [7, 11) is 0. The van der Waals surface area contributed by atoms with Crippen molar-refractivity contribution in [1.82, 2.24) is 0 Å². The van der Waals surface area contributed by atoms with Crippen molar-refractivity contribution in [2.24, 2.45) is 23.7 Å². The molecule has 0 spiro atoms. The number of hydrogen-bond donors (Lipinski definition) is 1. The molecule has 1 aromatic carbocycles. The molecule has 1 fully saturated rings. The molecule has 0 amide bonds. The maximum Gasteiger partial charge on any atom is 0.0381 e. The van der Waals surface area contributed by atoms with Crippen LogP contribution in [0.5, 0.6) is 0 Å². The standard InChI is InChI=1S/C18H27N/c1-13(2)17-11-10-14(3)12-18(17)15(4)19-16-8-6-5-7-9-16/h5-9,13-14,17-19H,4,10-12H2,1-3H3. The molecule has 104 valence electrons. The molecule has 1 heteroatoms. The summed E-state index contributed by atoms with van der Waals surface area (Å²) in [6.07, 6.45) is 4.00. The van der Waals surface area contributed by atoms with E-state index in [9.17, 15) is 0 Å². The van der Waals surface area contributed by atoms with Crippen molar-refractivity contribution in [2.75, 3.05) is 5.32 Å². The van der Waals surface area contributed by atoms with Gasteiger partial charge in [0, 0.05) is 17.3 Å². The van der Waals surface area contributed by atoms with Crippen molar-refractivity contribution in [2.45, 2.75) is 40.0 Å². The van der Waals surface area contributed by atoms with Crippen LogP contribution in [0.15, 0.2) is 42.6 Å². The number of anilines is 1. The summed E-state index contributed by atoms with van der Waals surface area (Å²) in [4.78, 5) is 0. The molecule has 1 saturated carbocycles. The second kappa shape index (κ2) is 6.27. The molecule has 1 N–H and O–H groups in total. The highest BCUT2D eigenvalue weighted by Crippen LogP contribution is 2.41. The molecular formula is C18H27N. The van der Waals surface area contributed by atoms with Gasteiger partial charge in [0.15, 0.2) is 0 Å². The maximum absolute atomic E-state index is 4.33. The van der Waals surface area contributed by atoms with Crippen LogP contribution in [0.4, 0.5) is 5.69 Å². The first-order chi connectivity index (χ1) is 9.08. The molecule has 1 aliphatic carbocycles. The summed E-state index contributed by atoms with van der Waals surface area (Å²) in [6, 6.07) is 10.4. The monoisotopic (exact) mass is 257 g/mol. The zero-order chi connectivity index (χ0) is 13.8. The average Bonchev–Trinajstić information content (AvgIpc) is 2.39. The fraction of sp³-hybridized carbons (Fsp3) is 0.556. The summed E-state index contributed by atoms with van der Waals surface area (Å²) < 4.78 is 0. The van der Waals surface area contributed by atoms with E-state index < -0.39 is 0 Å². The molecule has 3 atom stereocenters. The van der Waals surface area contributed by atoms with Crippen LogP contribution in [0.2, 0.25) is 0 Å². The van der Waals surface area contributed by atoms with Gasteiger partial charge in [-0.05, 0) is 42.7 Å². The van der Waals surface area contributed by atoms with Crippen LogP contribution in [0, 0.1) is 23.7 Å². The van der Waals surface area contributed by atoms with Crippen LogP contribution < -0.4 is 5.32 Å². The van der Waals surface area contributed by atoms with Crippen LogP contribution in [0.1, 0.15) is 40.0 Å². The van der Waals surface area contributed by atoms with Crippen molar-refractivity contribution in [3.05, 3.63) is 42.6 Å². The largest absolute Gasteiger partial charge is 0.359 e. The Kier molecular flexibility index (Phi) is 4.68. The van der Waals surface area contributed by atoms with E-state index in [1.54, 1.807) is 0 Å². The Morgan fingerprint density at radius 2 is 1.89 bits per heavy atom. The van der Waals surface area contributed by atoms with E-state index in [4.69, 9.17) is 0 Å². The molecule has 1 aliphatic rings. The highest BCUT2D eigenvalue weighted by Gasteiger charge is 2.32. The fourth-order valence-electron chi connectivity index (χ4n) is 3.40. The molecule has 0 aliphatic heterocycles.